The summed E-state index contributed by atoms with van der Waals surface area (Å²) in [5.41, 5.74) is 2.42. The summed E-state index contributed by atoms with van der Waals surface area (Å²) >= 11 is 0. The zero-order valence-corrected chi connectivity index (χ0v) is 18.7. The lowest BCUT2D eigenvalue weighted by Crippen LogP contribution is -2.57. The van der Waals surface area contributed by atoms with Crippen LogP contribution in [0.3, 0.4) is 0 Å². The van der Waals surface area contributed by atoms with Crippen LogP contribution in [0.4, 0.5) is 5.69 Å². The van der Waals surface area contributed by atoms with E-state index in [0.717, 1.165) is 29.7 Å². The quantitative estimate of drug-likeness (QED) is 0.667. The second-order valence-corrected chi connectivity index (χ2v) is 8.32. The number of hydrogen-bond donors (Lipinski definition) is 2. The third kappa shape index (κ3) is 5.52. The Morgan fingerprint density at radius 2 is 1.82 bits per heavy atom. The van der Waals surface area contributed by atoms with Crippen molar-refractivity contribution < 1.29 is 28.9 Å². The van der Waals surface area contributed by atoms with E-state index in [1.165, 1.54) is 0 Å². The van der Waals surface area contributed by atoms with Crippen LogP contribution in [0.25, 0.3) is 0 Å². The molecule has 8 nitrogen and oxygen atoms in total. The van der Waals surface area contributed by atoms with Crippen molar-refractivity contribution in [3.63, 3.8) is 0 Å². The van der Waals surface area contributed by atoms with E-state index in [1.54, 1.807) is 12.0 Å². The lowest BCUT2D eigenvalue weighted by molar-refractivity contribution is -0.168. The van der Waals surface area contributed by atoms with Crippen molar-refractivity contribution >= 4 is 17.5 Å². The molecule has 0 radical (unpaired) electrons. The maximum atomic E-state index is 12.6. The monoisotopic (exact) mass is 454 g/mol. The van der Waals surface area contributed by atoms with Crippen molar-refractivity contribution in [1.29, 1.82) is 0 Å². The number of rotatable bonds is 7. The molecule has 2 atom stereocenters. The molecular weight excluding hydrogens is 424 g/mol. The number of nitrogens with zero attached hydrogens (tertiary/aromatic N) is 1. The Morgan fingerprint density at radius 1 is 1.12 bits per heavy atom. The summed E-state index contributed by atoms with van der Waals surface area (Å²) in [6.45, 7) is 1.03. The fraction of sp³-hybridized carbons (Fsp3) is 0.440. The van der Waals surface area contributed by atoms with Crippen molar-refractivity contribution in [1.82, 2.24) is 4.90 Å². The number of benzene rings is 2. The smallest absolute Gasteiger partial charge is 0.249 e. The van der Waals surface area contributed by atoms with E-state index >= 15 is 0 Å². The number of methoxy groups -OCH3 is 1. The molecule has 2 amide bonds. The second kappa shape index (κ2) is 10.8. The Balaban J connectivity index is 1.40. The molecule has 2 fully saturated rings. The largest absolute Gasteiger partial charge is 0.497 e. The van der Waals surface area contributed by atoms with Gasteiger partial charge in [0.15, 0.2) is 0 Å². The summed E-state index contributed by atoms with van der Waals surface area (Å²) in [5.74, 6) is 0.531. The highest BCUT2D eigenvalue weighted by Crippen LogP contribution is 2.33. The third-order valence-corrected chi connectivity index (χ3v) is 6.20. The first-order valence-electron chi connectivity index (χ1n) is 11.2. The first-order chi connectivity index (χ1) is 16.1. The van der Waals surface area contributed by atoms with E-state index in [-0.39, 0.29) is 37.5 Å². The van der Waals surface area contributed by atoms with Gasteiger partial charge in [0, 0.05) is 24.9 Å². The van der Waals surface area contributed by atoms with Crippen LogP contribution in [0.2, 0.25) is 0 Å². The summed E-state index contributed by atoms with van der Waals surface area (Å²) in [5, 5.41) is 13.0. The predicted molar refractivity (Wildman–Crippen MR) is 122 cm³/mol. The van der Waals surface area contributed by atoms with Gasteiger partial charge in [0.2, 0.25) is 11.8 Å². The maximum absolute atomic E-state index is 12.6. The summed E-state index contributed by atoms with van der Waals surface area (Å²) in [6, 6.07) is 14.3. The molecule has 0 unspecified atom stereocenters. The molecule has 0 aromatic heterocycles. The van der Waals surface area contributed by atoms with E-state index < -0.39 is 12.1 Å². The average Bonchev–Trinajstić information content (AvgIpc) is 2.85. The molecule has 2 aliphatic heterocycles. The zero-order chi connectivity index (χ0) is 23.2. The number of amides is 2. The third-order valence-electron chi connectivity index (χ3n) is 6.20. The van der Waals surface area contributed by atoms with E-state index in [9.17, 15) is 14.7 Å². The average molecular weight is 455 g/mol. The minimum Gasteiger partial charge on any atom is -0.497 e. The Morgan fingerprint density at radius 3 is 2.45 bits per heavy atom. The fourth-order valence-electron chi connectivity index (χ4n) is 4.51. The van der Waals surface area contributed by atoms with Crippen molar-refractivity contribution in [3.05, 3.63) is 59.7 Å². The molecule has 0 saturated carbocycles. The van der Waals surface area contributed by atoms with Crippen LogP contribution in [0.15, 0.2) is 48.5 Å². The first-order valence-corrected chi connectivity index (χ1v) is 11.2. The minimum atomic E-state index is -0.454. The Kier molecular flexibility index (Phi) is 7.59. The van der Waals surface area contributed by atoms with Gasteiger partial charge in [0.05, 0.1) is 26.2 Å². The van der Waals surface area contributed by atoms with E-state index in [1.807, 2.05) is 48.5 Å². The molecular formula is C25H30N2O6. The molecule has 2 heterocycles. The zero-order valence-electron chi connectivity index (χ0n) is 18.7. The van der Waals surface area contributed by atoms with Crippen LogP contribution >= 0.6 is 0 Å². The molecule has 8 heteroatoms. The van der Waals surface area contributed by atoms with Crippen molar-refractivity contribution in [3.8, 4) is 5.75 Å². The molecule has 4 rings (SSSR count). The summed E-state index contributed by atoms with van der Waals surface area (Å²) in [7, 11) is 1.60. The van der Waals surface area contributed by atoms with E-state index in [4.69, 9.17) is 14.2 Å². The number of anilines is 1. The van der Waals surface area contributed by atoms with Crippen LogP contribution < -0.4 is 10.1 Å². The molecule has 2 aromatic carbocycles. The van der Waals surface area contributed by atoms with Gasteiger partial charge >= 0.3 is 0 Å². The predicted octanol–water partition coefficient (Wildman–Crippen LogP) is 2.32. The van der Waals surface area contributed by atoms with Gasteiger partial charge in [-0.2, -0.15) is 0 Å². The minimum absolute atomic E-state index is 0.0150. The molecule has 2 N–H and O–H groups in total. The van der Waals surface area contributed by atoms with Crippen molar-refractivity contribution in [2.24, 2.45) is 0 Å². The molecule has 176 valence electrons. The molecule has 2 saturated heterocycles. The van der Waals surface area contributed by atoms with Crippen LogP contribution in [-0.4, -0.2) is 67.4 Å². The number of carbonyl (C=O) groups excluding carboxylic acids is 2. The Bertz CT molecular complexity index is 940. The molecule has 33 heavy (non-hydrogen) atoms. The molecule has 0 bridgehead atoms. The highest BCUT2D eigenvalue weighted by Gasteiger charge is 2.41. The SMILES string of the molecule is COc1ccc(CC(=O)Nc2ccc([C@H]3OCC(=O)N(C4CCOCC4)[C@@H]3CO)cc2)cc1. The van der Waals surface area contributed by atoms with Crippen LogP contribution in [0.1, 0.15) is 30.1 Å². The Hall–Kier alpha value is -2.94. The molecule has 0 aliphatic carbocycles. The lowest BCUT2D eigenvalue weighted by Gasteiger charge is -2.45. The van der Waals surface area contributed by atoms with Gasteiger partial charge in [-0.05, 0) is 48.2 Å². The highest BCUT2D eigenvalue weighted by molar-refractivity contribution is 5.92. The fourth-order valence-corrected chi connectivity index (χ4v) is 4.51. The van der Waals surface area contributed by atoms with Crippen LogP contribution in [0, 0.1) is 0 Å². The van der Waals surface area contributed by atoms with Crippen LogP contribution in [-0.2, 0) is 25.5 Å². The summed E-state index contributed by atoms with van der Waals surface area (Å²) < 4.78 is 16.4. The number of ether oxygens (including phenoxy) is 3. The standard InChI is InChI=1S/C25H30N2O6/c1-31-21-8-2-17(3-9-21)14-23(29)26-19-6-4-18(5-7-19)25-22(15-28)27(24(30)16-33-25)20-10-12-32-13-11-20/h2-9,20,22,25,28H,10-16H2,1H3,(H,26,29)/t22-,25-/m1/s1. The van der Waals surface area contributed by atoms with Gasteiger partial charge in [-0.3, -0.25) is 9.59 Å². The van der Waals surface area contributed by atoms with E-state index in [0.29, 0.717) is 18.9 Å². The summed E-state index contributed by atoms with van der Waals surface area (Å²) in [4.78, 5) is 26.8. The topological polar surface area (TPSA) is 97.3 Å². The number of aliphatic hydroxyl groups is 1. The normalized spacial score (nSPS) is 21.6. The van der Waals surface area contributed by atoms with Crippen molar-refractivity contribution in [2.75, 3.05) is 38.9 Å². The van der Waals surface area contributed by atoms with Crippen LogP contribution in [0.5, 0.6) is 5.75 Å². The molecule has 0 spiro atoms. The van der Waals surface area contributed by atoms with Gasteiger partial charge in [0.25, 0.3) is 0 Å². The Labute approximate surface area is 193 Å². The van der Waals surface area contributed by atoms with Gasteiger partial charge in [-0.15, -0.1) is 0 Å². The molecule has 2 aromatic rings. The van der Waals surface area contributed by atoms with E-state index in [2.05, 4.69) is 5.32 Å². The lowest BCUT2D eigenvalue weighted by atomic mass is 9.95. The van der Waals surface area contributed by atoms with Gasteiger partial charge in [-0.1, -0.05) is 24.3 Å². The number of hydrogen-bond acceptors (Lipinski definition) is 6. The maximum Gasteiger partial charge on any atom is 0.249 e. The summed E-state index contributed by atoms with van der Waals surface area (Å²) in [6.07, 6.45) is 1.34. The number of aliphatic hydroxyl groups excluding tert-OH is 1. The number of nitrogens with one attached hydrogen (secondary N) is 1. The van der Waals surface area contributed by atoms with Gasteiger partial charge in [0.1, 0.15) is 18.5 Å². The van der Waals surface area contributed by atoms with Gasteiger partial charge < -0.3 is 29.5 Å². The molecule has 2 aliphatic rings. The second-order valence-electron chi connectivity index (χ2n) is 8.32. The highest BCUT2D eigenvalue weighted by atomic mass is 16.5. The number of carbonyl (C=O) groups is 2. The van der Waals surface area contributed by atoms with Gasteiger partial charge in [-0.25, -0.2) is 0 Å². The number of morpholine rings is 1. The van der Waals surface area contributed by atoms with Crippen molar-refractivity contribution in [2.45, 2.75) is 37.5 Å². The first kappa shape index (κ1) is 23.2.